The van der Waals surface area contributed by atoms with E-state index in [1.54, 1.807) is 0 Å². The number of anilines is 2. The smallest absolute Gasteiger partial charge is 0.321 e. The van der Waals surface area contributed by atoms with Crippen molar-refractivity contribution in [3.63, 3.8) is 0 Å². The van der Waals surface area contributed by atoms with E-state index >= 15 is 0 Å². The van der Waals surface area contributed by atoms with E-state index in [-0.39, 0.29) is 12.8 Å². The van der Waals surface area contributed by atoms with Crippen LogP contribution in [0.2, 0.25) is 0 Å². The van der Waals surface area contributed by atoms with Gasteiger partial charge in [0.1, 0.15) is 0 Å². The van der Waals surface area contributed by atoms with E-state index in [9.17, 15) is 4.79 Å². The minimum Gasteiger partial charge on any atom is -0.454 e. The molecule has 2 heterocycles. The van der Waals surface area contributed by atoms with Crippen LogP contribution < -0.4 is 19.7 Å². The summed E-state index contributed by atoms with van der Waals surface area (Å²) >= 11 is 0. The Bertz CT molecular complexity index is 809. The van der Waals surface area contributed by atoms with Crippen LogP contribution in [-0.2, 0) is 0 Å². The van der Waals surface area contributed by atoms with Crippen molar-refractivity contribution in [2.75, 3.05) is 43.2 Å². The summed E-state index contributed by atoms with van der Waals surface area (Å²) in [5, 5.41) is 3.07. The highest BCUT2D eigenvalue weighted by Crippen LogP contribution is 2.35. The van der Waals surface area contributed by atoms with Gasteiger partial charge in [-0.15, -0.1) is 0 Å². The monoisotopic (exact) mass is 353 g/mol. The Morgan fingerprint density at radius 3 is 2.38 bits per heavy atom. The van der Waals surface area contributed by atoms with Crippen molar-refractivity contribution in [2.24, 2.45) is 0 Å². The van der Waals surface area contributed by atoms with Crippen LogP contribution in [0.5, 0.6) is 11.5 Å². The molecule has 26 heavy (non-hydrogen) atoms. The van der Waals surface area contributed by atoms with Crippen molar-refractivity contribution >= 4 is 17.4 Å². The molecule has 0 radical (unpaired) electrons. The molecule has 1 fully saturated rings. The summed E-state index contributed by atoms with van der Waals surface area (Å²) in [6, 6.07) is 12.0. The Balaban J connectivity index is 1.38. The highest BCUT2D eigenvalue weighted by atomic mass is 16.7. The number of fused-ring (bicyclic) bond motifs is 1. The van der Waals surface area contributed by atoms with Crippen LogP contribution in [-0.4, -0.2) is 43.9 Å². The molecule has 0 spiro atoms. The molecular formula is C20H23N3O3. The van der Waals surface area contributed by atoms with Crippen LogP contribution in [0.1, 0.15) is 11.1 Å². The third-order valence-electron chi connectivity index (χ3n) is 5.00. The summed E-state index contributed by atoms with van der Waals surface area (Å²) in [6.07, 6.45) is 0. The maximum Gasteiger partial charge on any atom is 0.321 e. The first-order valence-electron chi connectivity index (χ1n) is 8.88. The van der Waals surface area contributed by atoms with E-state index in [0.717, 1.165) is 47.1 Å². The van der Waals surface area contributed by atoms with Crippen molar-refractivity contribution in [3.8, 4) is 11.5 Å². The van der Waals surface area contributed by atoms with E-state index in [0.29, 0.717) is 13.1 Å². The molecular weight excluding hydrogens is 330 g/mol. The summed E-state index contributed by atoms with van der Waals surface area (Å²) in [4.78, 5) is 16.8. The fourth-order valence-corrected chi connectivity index (χ4v) is 3.45. The van der Waals surface area contributed by atoms with Gasteiger partial charge in [0.05, 0.1) is 0 Å². The molecule has 4 rings (SSSR count). The first kappa shape index (κ1) is 16.6. The van der Waals surface area contributed by atoms with E-state index in [4.69, 9.17) is 9.47 Å². The first-order chi connectivity index (χ1) is 12.6. The standard InChI is InChI=1S/C20H23N3O3/c1-14-4-3-5-15(2)19(14)21-20(24)23-10-8-22(9-11-23)16-6-7-17-18(12-16)26-13-25-17/h3-7,12H,8-11,13H2,1-2H3,(H,21,24). The van der Waals surface area contributed by atoms with Gasteiger partial charge in [0.25, 0.3) is 0 Å². The van der Waals surface area contributed by atoms with Gasteiger partial charge in [-0.25, -0.2) is 4.79 Å². The second-order valence-corrected chi connectivity index (χ2v) is 6.71. The number of urea groups is 1. The second-order valence-electron chi connectivity index (χ2n) is 6.71. The lowest BCUT2D eigenvalue weighted by atomic mass is 10.1. The average molecular weight is 353 g/mol. The van der Waals surface area contributed by atoms with Gasteiger partial charge < -0.3 is 24.6 Å². The number of para-hydroxylation sites is 1. The van der Waals surface area contributed by atoms with Crippen LogP contribution in [0.4, 0.5) is 16.2 Å². The second kappa shape index (κ2) is 6.78. The molecule has 2 aliphatic heterocycles. The number of rotatable bonds is 2. The predicted octanol–water partition coefficient (Wildman–Crippen LogP) is 3.39. The third kappa shape index (κ3) is 3.14. The Kier molecular flexibility index (Phi) is 4.32. The zero-order chi connectivity index (χ0) is 18.1. The topological polar surface area (TPSA) is 54.0 Å². The van der Waals surface area contributed by atoms with E-state index < -0.39 is 0 Å². The van der Waals surface area contributed by atoms with E-state index in [2.05, 4.69) is 10.2 Å². The van der Waals surface area contributed by atoms with Crippen molar-refractivity contribution in [2.45, 2.75) is 13.8 Å². The number of hydrogen-bond donors (Lipinski definition) is 1. The maximum absolute atomic E-state index is 12.6. The number of hydrogen-bond acceptors (Lipinski definition) is 4. The largest absolute Gasteiger partial charge is 0.454 e. The highest BCUT2D eigenvalue weighted by Gasteiger charge is 2.23. The van der Waals surface area contributed by atoms with Crippen LogP contribution in [0.3, 0.4) is 0 Å². The number of piperazine rings is 1. The Morgan fingerprint density at radius 2 is 1.65 bits per heavy atom. The summed E-state index contributed by atoms with van der Waals surface area (Å²) < 4.78 is 10.8. The Hall–Kier alpha value is -2.89. The molecule has 2 amide bonds. The number of carbonyl (C=O) groups excluding carboxylic acids is 1. The molecule has 6 nitrogen and oxygen atoms in total. The fraction of sp³-hybridized carbons (Fsp3) is 0.350. The SMILES string of the molecule is Cc1cccc(C)c1NC(=O)N1CCN(c2ccc3c(c2)OCO3)CC1. The number of benzene rings is 2. The van der Waals surface area contributed by atoms with Crippen LogP contribution >= 0.6 is 0 Å². The molecule has 1 N–H and O–H groups in total. The Labute approximate surface area is 153 Å². The predicted molar refractivity (Wildman–Crippen MR) is 101 cm³/mol. The number of aryl methyl sites for hydroxylation is 2. The summed E-state index contributed by atoms with van der Waals surface area (Å²) in [6.45, 7) is 7.27. The molecule has 0 atom stereocenters. The van der Waals surface area contributed by atoms with Gasteiger partial charge in [0.15, 0.2) is 11.5 Å². The number of ether oxygens (including phenoxy) is 2. The highest BCUT2D eigenvalue weighted by molar-refractivity contribution is 5.91. The number of carbonyl (C=O) groups is 1. The zero-order valence-electron chi connectivity index (χ0n) is 15.1. The van der Waals surface area contributed by atoms with Crippen molar-refractivity contribution in [3.05, 3.63) is 47.5 Å². The average Bonchev–Trinajstić information content (AvgIpc) is 3.12. The third-order valence-corrected chi connectivity index (χ3v) is 5.00. The maximum atomic E-state index is 12.6. The molecule has 2 aromatic carbocycles. The van der Waals surface area contributed by atoms with Crippen molar-refractivity contribution in [1.29, 1.82) is 0 Å². The van der Waals surface area contributed by atoms with Gasteiger partial charge in [-0.2, -0.15) is 0 Å². The molecule has 136 valence electrons. The molecule has 0 bridgehead atoms. The van der Waals surface area contributed by atoms with Crippen molar-refractivity contribution in [1.82, 2.24) is 4.90 Å². The van der Waals surface area contributed by atoms with Gasteiger partial charge in [0, 0.05) is 43.6 Å². The molecule has 0 aromatic heterocycles. The lowest BCUT2D eigenvalue weighted by Crippen LogP contribution is -2.50. The molecule has 1 saturated heterocycles. The van der Waals surface area contributed by atoms with Crippen molar-refractivity contribution < 1.29 is 14.3 Å². The summed E-state index contributed by atoms with van der Waals surface area (Å²) in [5.41, 5.74) is 4.18. The quantitative estimate of drug-likeness (QED) is 0.899. The van der Waals surface area contributed by atoms with Gasteiger partial charge in [0.2, 0.25) is 6.79 Å². The van der Waals surface area contributed by atoms with Crippen LogP contribution in [0.15, 0.2) is 36.4 Å². The first-order valence-corrected chi connectivity index (χ1v) is 8.88. The summed E-state index contributed by atoms with van der Waals surface area (Å²) in [7, 11) is 0. The Morgan fingerprint density at radius 1 is 0.962 bits per heavy atom. The number of nitrogens with zero attached hydrogens (tertiary/aromatic N) is 2. The van der Waals surface area contributed by atoms with Crippen LogP contribution in [0, 0.1) is 13.8 Å². The summed E-state index contributed by atoms with van der Waals surface area (Å²) in [5.74, 6) is 1.58. The van der Waals surface area contributed by atoms with E-state index in [1.165, 1.54) is 0 Å². The fourth-order valence-electron chi connectivity index (χ4n) is 3.45. The molecule has 2 aliphatic rings. The minimum absolute atomic E-state index is 0.0345. The normalized spacial score (nSPS) is 15.9. The molecule has 2 aromatic rings. The van der Waals surface area contributed by atoms with Gasteiger partial charge in [-0.05, 0) is 37.1 Å². The van der Waals surface area contributed by atoms with E-state index in [1.807, 2.05) is 55.1 Å². The lowest BCUT2D eigenvalue weighted by Gasteiger charge is -2.36. The van der Waals surface area contributed by atoms with Gasteiger partial charge in [-0.3, -0.25) is 0 Å². The molecule has 0 saturated carbocycles. The zero-order valence-corrected chi connectivity index (χ0v) is 15.1. The minimum atomic E-state index is -0.0345. The number of amides is 2. The molecule has 0 unspecified atom stereocenters. The van der Waals surface area contributed by atoms with Gasteiger partial charge in [-0.1, -0.05) is 18.2 Å². The van der Waals surface area contributed by atoms with Gasteiger partial charge >= 0.3 is 6.03 Å². The molecule has 0 aliphatic carbocycles. The number of nitrogens with one attached hydrogen (secondary N) is 1. The molecule has 6 heteroatoms. The van der Waals surface area contributed by atoms with Crippen LogP contribution in [0.25, 0.3) is 0 Å². The lowest BCUT2D eigenvalue weighted by molar-refractivity contribution is 0.174.